The summed E-state index contributed by atoms with van der Waals surface area (Å²) in [7, 11) is 0. The largest absolute Gasteiger partial charge is 0.398 e. The molecule has 0 saturated carbocycles. The Labute approximate surface area is 98.0 Å². The summed E-state index contributed by atoms with van der Waals surface area (Å²) < 4.78 is 13.2. The quantitative estimate of drug-likeness (QED) is 0.784. The third-order valence-electron chi connectivity index (χ3n) is 2.52. The first-order chi connectivity index (χ1) is 7.59. The molecule has 0 saturated heterocycles. The van der Waals surface area contributed by atoms with E-state index in [1.54, 1.807) is 17.4 Å². The fraction of sp³-hybridized carbons (Fsp3) is 0.0769. The van der Waals surface area contributed by atoms with E-state index < -0.39 is 0 Å². The van der Waals surface area contributed by atoms with Crippen LogP contribution in [0, 0.1) is 12.7 Å². The molecule has 1 aromatic heterocycles. The van der Waals surface area contributed by atoms with Crippen LogP contribution in [0.4, 0.5) is 10.1 Å². The van der Waals surface area contributed by atoms with E-state index in [1.165, 1.54) is 12.1 Å². The van der Waals surface area contributed by atoms with Crippen molar-refractivity contribution in [3.8, 4) is 0 Å². The van der Waals surface area contributed by atoms with Crippen LogP contribution in [0.25, 0.3) is 5.57 Å². The fourth-order valence-electron chi connectivity index (χ4n) is 1.63. The number of halogens is 1. The van der Waals surface area contributed by atoms with E-state index in [1.807, 2.05) is 18.4 Å². The average molecular weight is 233 g/mol. The first-order valence-corrected chi connectivity index (χ1v) is 5.76. The van der Waals surface area contributed by atoms with E-state index in [0.717, 1.165) is 16.0 Å². The summed E-state index contributed by atoms with van der Waals surface area (Å²) in [4.78, 5) is 1.16. The van der Waals surface area contributed by atoms with Gasteiger partial charge in [0.15, 0.2) is 0 Å². The molecule has 82 valence electrons. The average Bonchev–Trinajstić information content (AvgIpc) is 2.67. The van der Waals surface area contributed by atoms with Gasteiger partial charge in [0.1, 0.15) is 5.82 Å². The van der Waals surface area contributed by atoms with Crippen LogP contribution in [0.5, 0.6) is 0 Å². The molecule has 0 fully saturated rings. The normalized spacial score (nSPS) is 10.4. The van der Waals surface area contributed by atoms with E-state index in [-0.39, 0.29) is 5.82 Å². The summed E-state index contributed by atoms with van der Waals surface area (Å²) in [6.45, 7) is 6.00. The summed E-state index contributed by atoms with van der Waals surface area (Å²) in [5.74, 6) is -0.293. The smallest absolute Gasteiger partial charge is 0.123 e. The lowest BCUT2D eigenvalue weighted by Gasteiger charge is -2.09. The Morgan fingerprint density at radius 1 is 1.31 bits per heavy atom. The molecule has 0 atom stereocenters. The van der Waals surface area contributed by atoms with Gasteiger partial charge in [-0.15, -0.1) is 11.3 Å². The number of benzene rings is 1. The Morgan fingerprint density at radius 3 is 2.69 bits per heavy atom. The molecule has 16 heavy (non-hydrogen) atoms. The van der Waals surface area contributed by atoms with Crippen molar-refractivity contribution in [2.45, 2.75) is 6.92 Å². The van der Waals surface area contributed by atoms with Crippen LogP contribution in [0.1, 0.15) is 16.0 Å². The molecule has 2 aromatic rings. The monoisotopic (exact) mass is 233 g/mol. The highest BCUT2D eigenvalue weighted by atomic mass is 32.1. The highest BCUT2D eigenvalue weighted by Gasteiger charge is 2.10. The van der Waals surface area contributed by atoms with Gasteiger partial charge >= 0.3 is 0 Å². The van der Waals surface area contributed by atoms with E-state index in [4.69, 9.17) is 5.73 Å². The number of nitrogens with two attached hydrogens (primary N) is 1. The molecule has 2 N–H and O–H groups in total. The van der Waals surface area contributed by atoms with Crippen molar-refractivity contribution in [1.82, 2.24) is 0 Å². The van der Waals surface area contributed by atoms with E-state index in [2.05, 4.69) is 6.58 Å². The third kappa shape index (κ3) is 1.86. The van der Waals surface area contributed by atoms with Crippen molar-refractivity contribution >= 4 is 22.6 Å². The minimum atomic E-state index is -0.293. The van der Waals surface area contributed by atoms with Gasteiger partial charge in [-0.1, -0.05) is 6.58 Å². The number of hydrogen-bond donors (Lipinski definition) is 1. The molecule has 0 bridgehead atoms. The first kappa shape index (κ1) is 10.9. The topological polar surface area (TPSA) is 26.0 Å². The maximum Gasteiger partial charge on any atom is 0.123 e. The maximum atomic E-state index is 13.2. The maximum absolute atomic E-state index is 13.2. The van der Waals surface area contributed by atoms with Crippen LogP contribution in [-0.2, 0) is 0 Å². The predicted molar refractivity (Wildman–Crippen MR) is 68.0 cm³/mol. The molecule has 0 aliphatic heterocycles. The summed E-state index contributed by atoms with van der Waals surface area (Å²) in [6.07, 6.45) is 0. The number of anilines is 1. The standard InChI is InChI=1S/C13H12FNS/c1-8(11-5-6-16-9(11)2)12-7-10(14)3-4-13(12)15/h3-7H,1,15H2,2H3. The van der Waals surface area contributed by atoms with Gasteiger partial charge in [0, 0.05) is 16.1 Å². The van der Waals surface area contributed by atoms with Crippen molar-refractivity contribution in [3.63, 3.8) is 0 Å². The first-order valence-electron chi connectivity index (χ1n) is 4.88. The van der Waals surface area contributed by atoms with Gasteiger partial charge in [-0.25, -0.2) is 4.39 Å². The van der Waals surface area contributed by atoms with Crippen molar-refractivity contribution in [2.75, 3.05) is 5.73 Å². The zero-order valence-corrected chi connectivity index (χ0v) is 9.77. The Balaban J connectivity index is 2.49. The minimum absolute atomic E-state index is 0.293. The Kier molecular flexibility index (Phi) is 2.79. The molecule has 0 aliphatic carbocycles. The molecule has 0 amide bonds. The number of rotatable bonds is 2. The zero-order chi connectivity index (χ0) is 11.7. The van der Waals surface area contributed by atoms with Gasteiger partial charge in [0.05, 0.1) is 0 Å². The number of aryl methyl sites for hydroxylation is 1. The number of hydrogen-bond acceptors (Lipinski definition) is 2. The molecule has 0 unspecified atom stereocenters. The SMILES string of the molecule is C=C(c1cc(F)ccc1N)c1ccsc1C. The third-order valence-corrected chi connectivity index (χ3v) is 3.37. The number of nitrogen functional groups attached to an aromatic ring is 1. The lowest BCUT2D eigenvalue weighted by Crippen LogP contribution is -1.95. The molecular weight excluding hydrogens is 221 g/mol. The highest BCUT2D eigenvalue weighted by Crippen LogP contribution is 2.31. The van der Waals surface area contributed by atoms with Gasteiger partial charge in [-0.05, 0) is 47.7 Å². The van der Waals surface area contributed by atoms with Gasteiger partial charge in [0.25, 0.3) is 0 Å². The van der Waals surface area contributed by atoms with E-state index >= 15 is 0 Å². The van der Waals surface area contributed by atoms with Crippen LogP contribution >= 0.6 is 11.3 Å². The van der Waals surface area contributed by atoms with Gasteiger partial charge in [-0.2, -0.15) is 0 Å². The minimum Gasteiger partial charge on any atom is -0.398 e. The molecule has 3 heteroatoms. The van der Waals surface area contributed by atoms with Crippen LogP contribution in [0.3, 0.4) is 0 Å². The zero-order valence-electron chi connectivity index (χ0n) is 8.96. The van der Waals surface area contributed by atoms with E-state index in [0.29, 0.717) is 11.3 Å². The molecule has 0 aliphatic rings. The lowest BCUT2D eigenvalue weighted by atomic mass is 9.99. The van der Waals surface area contributed by atoms with Crippen LogP contribution in [0.15, 0.2) is 36.2 Å². The predicted octanol–water partition coefficient (Wildman–Crippen LogP) is 3.84. The van der Waals surface area contributed by atoms with Gasteiger partial charge in [-0.3, -0.25) is 0 Å². The highest BCUT2D eigenvalue weighted by molar-refractivity contribution is 7.10. The molecule has 1 heterocycles. The van der Waals surface area contributed by atoms with Crippen molar-refractivity contribution in [3.05, 3.63) is 58.0 Å². The Morgan fingerprint density at radius 2 is 2.06 bits per heavy atom. The lowest BCUT2D eigenvalue weighted by molar-refractivity contribution is 0.627. The molecule has 1 aromatic carbocycles. The Bertz CT molecular complexity index is 543. The summed E-state index contributed by atoms with van der Waals surface area (Å²) >= 11 is 1.64. The van der Waals surface area contributed by atoms with Crippen LogP contribution < -0.4 is 5.73 Å². The summed E-state index contributed by atoms with van der Waals surface area (Å²) in [5.41, 5.74) is 8.85. The Hall–Kier alpha value is -1.61. The molecular formula is C13H12FNS. The van der Waals surface area contributed by atoms with E-state index in [9.17, 15) is 4.39 Å². The van der Waals surface area contributed by atoms with Crippen LogP contribution in [0.2, 0.25) is 0 Å². The van der Waals surface area contributed by atoms with Crippen molar-refractivity contribution < 1.29 is 4.39 Å². The second-order valence-electron chi connectivity index (χ2n) is 3.60. The molecule has 0 spiro atoms. The number of thiophene rings is 1. The second-order valence-corrected chi connectivity index (χ2v) is 4.72. The van der Waals surface area contributed by atoms with Crippen LogP contribution in [-0.4, -0.2) is 0 Å². The molecule has 0 radical (unpaired) electrons. The summed E-state index contributed by atoms with van der Waals surface area (Å²) in [5, 5.41) is 1.99. The summed E-state index contributed by atoms with van der Waals surface area (Å²) in [6, 6.07) is 6.32. The van der Waals surface area contributed by atoms with Crippen molar-refractivity contribution in [2.24, 2.45) is 0 Å². The molecule has 2 rings (SSSR count). The van der Waals surface area contributed by atoms with Gasteiger partial charge in [0.2, 0.25) is 0 Å². The fourth-order valence-corrected chi connectivity index (χ4v) is 2.36. The van der Waals surface area contributed by atoms with Gasteiger partial charge < -0.3 is 5.73 Å². The second kappa shape index (κ2) is 4.10. The van der Waals surface area contributed by atoms with Crippen molar-refractivity contribution in [1.29, 1.82) is 0 Å². The molecule has 1 nitrogen and oxygen atoms in total.